The smallest absolute Gasteiger partial charge is 0.144 e. The van der Waals surface area contributed by atoms with Crippen molar-refractivity contribution in [2.24, 2.45) is 5.92 Å². The van der Waals surface area contributed by atoms with Gasteiger partial charge in [0.25, 0.3) is 0 Å². The van der Waals surface area contributed by atoms with Crippen molar-refractivity contribution in [3.05, 3.63) is 29.6 Å². The van der Waals surface area contributed by atoms with E-state index in [0.29, 0.717) is 5.69 Å². The number of thioether (sulfide) groups is 1. The van der Waals surface area contributed by atoms with E-state index in [2.05, 4.69) is 16.4 Å². The van der Waals surface area contributed by atoms with Gasteiger partial charge in [-0.15, -0.1) is 0 Å². The molecule has 16 heavy (non-hydrogen) atoms. The maximum absolute atomic E-state index is 8.89. The summed E-state index contributed by atoms with van der Waals surface area (Å²) < 4.78 is 0. The largest absolute Gasteiger partial charge is 0.312 e. The zero-order chi connectivity index (χ0) is 11.2. The third-order valence-corrected chi connectivity index (χ3v) is 4.00. The lowest BCUT2D eigenvalue weighted by Crippen LogP contribution is -2.22. The molecule has 4 heteroatoms. The summed E-state index contributed by atoms with van der Waals surface area (Å²) in [5.74, 6) is 3.36. The topological polar surface area (TPSA) is 48.7 Å². The third kappa shape index (κ3) is 2.97. The molecule has 84 valence electrons. The summed E-state index contributed by atoms with van der Waals surface area (Å²) in [5, 5.41) is 12.3. The van der Waals surface area contributed by atoms with Gasteiger partial charge in [0, 0.05) is 18.3 Å². The molecule has 0 radical (unpaired) electrons. The zero-order valence-electron chi connectivity index (χ0n) is 9.15. The van der Waals surface area contributed by atoms with Crippen molar-refractivity contribution in [1.29, 1.82) is 5.26 Å². The molecule has 1 fully saturated rings. The van der Waals surface area contributed by atoms with Crippen LogP contribution in [0.4, 0.5) is 0 Å². The van der Waals surface area contributed by atoms with Crippen LogP contribution in [0.15, 0.2) is 18.3 Å². The molecule has 0 amide bonds. The Bertz CT molecular complexity index is 380. The van der Waals surface area contributed by atoms with E-state index in [4.69, 9.17) is 5.26 Å². The lowest BCUT2D eigenvalue weighted by molar-refractivity contribution is 0.522. The Labute approximate surface area is 100 Å². The second-order valence-electron chi connectivity index (χ2n) is 3.98. The SMILES string of the molecule is N#Cc1ncccc1CNCC1CCSC1. The van der Waals surface area contributed by atoms with Crippen molar-refractivity contribution >= 4 is 11.8 Å². The van der Waals surface area contributed by atoms with Crippen molar-refractivity contribution in [2.75, 3.05) is 18.1 Å². The van der Waals surface area contributed by atoms with Crippen LogP contribution in [0.5, 0.6) is 0 Å². The zero-order valence-corrected chi connectivity index (χ0v) is 9.96. The van der Waals surface area contributed by atoms with E-state index in [1.54, 1.807) is 6.20 Å². The molecule has 3 nitrogen and oxygen atoms in total. The molecule has 1 unspecified atom stereocenters. The van der Waals surface area contributed by atoms with Gasteiger partial charge in [-0.05, 0) is 36.5 Å². The van der Waals surface area contributed by atoms with Crippen molar-refractivity contribution < 1.29 is 0 Å². The van der Waals surface area contributed by atoms with Gasteiger partial charge < -0.3 is 5.32 Å². The van der Waals surface area contributed by atoms with E-state index in [1.165, 1.54) is 17.9 Å². The minimum Gasteiger partial charge on any atom is -0.312 e. The van der Waals surface area contributed by atoms with Crippen molar-refractivity contribution in [3.63, 3.8) is 0 Å². The van der Waals surface area contributed by atoms with Crippen molar-refractivity contribution in [1.82, 2.24) is 10.3 Å². The fourth-order valence-electron chi connectivity index (χ4n) is 1.84. The molecule has 1 saturated heterocycles. The first-order valence-electron chi connectivity index (χ1n) is 5.52. The van der Waals surface area contributed by atoms with Gasteiger partial charge >= 0.3 is 0 Å². The number of nitrogens with zero attached hydrogens (tertiary/aromatic N) is 2. The number of pyridine rings is 1. The molecule has 0 bridgehead atoms. The first kappa shape index (κ1) is 11.4. The highest BCUT2D eigenvalue weighted by molar-refractivity contribution is 7.99. The lowest BCUT2D eigenvalue weighted by atomic mass is 10.1. The van der Waals surface area contributed by atoms with Gasteiger partial charge in [0.15, 0.2) is 0 Å². The Morgan fingerprint density at radius 2 is 2.56 bits per heavy atom. The van der Waals surface area contributed by atoms with E-state index in [1.807, 2.05) is 23.9 Å². The summed E-state index contributed by atoms with van der Waals surface area (Å²) >= 11 is 2.03. The second-order valence-corrected chi connectivity index (χ2v) is 5.13. The van der Waals surface area contributed by atoms with Crippen LogP contribution in [0.25, 0.3) is 0 Å². The molecule has 1 aliphatic rings. The molecule has 1 aromatic rings. The lowest BCUT2D eigenvalue weighted by Gasteiger charge is -2.10. The Balaban J connectivity index is 1.82. The normalized spacial score (nSPS) is 19.6. The number of hydrogen-bond donors (Lipinski definition) is 1. The molecule has 0 spiro atoms. The van der Waals surface area contributed by atoms with Crippen LogP contribution in [0, 0.1) is 17.2 Å². The number of nitrogens with one attached hydrogen (secondary N) is 1. The molecule has 2 rings (SSSR count). The molecule has 1 atom stereocenters. The maximum Gasteiger partial charge on any atom is 0.144 e. The monoisotopic (exact) mass is 233 g/mol. The third-order valence-electron chi connectivity index (χ3n) is 2.77. The van der Waals surface area contributed by atoms with Gasteiger partial charge in [-0.25, -0.2) is 4.98 Å². The summed E-state index contributed by atoms with van der Waals surface area (Å²) in [7, 11) is 0. The summed E-state index contributed by atoms with van der Waals surface area (Å²) in [6.07, 6.45) is 2.98. The van der Waals surface area contributed by atoms with Crippen LogP contribution >= 0.6 is 11.8 Å². The van der Waals surface area contributed by atoms with Crippen LogP contribution in [0.3, 0.4) is 0 Å². The maximum atomic E-state index is 8.89. The summed E-state index contributed by atoms with van der Waals surface area (Å²) in [6, 6.07) is 5.96. The van der Waals surface area contributed by atoms with Crippen molar-refractivity contribution in [3.8, 4) is 6.07 Å². The fourth-order valence-corrected chi connectivity index (χ4v) is 3.12. The number of aromatic nitrogens is 1. The standard InChI is InChI=1S/C12H15N3S/c13-6-12-11(2-1-4-15-12)8-14-7-10-3-5-16-9-10/h1-2,4,10,14H,3,5,7-9H2. The van der Waals surface area contributed by atoms with E-state index in [0.717, 1.165) is 24.6 Å². The average Bonchev–Trinajstić information content (AvgIpc) is 2.83. The van der Waals surface area contributed by atoms with Crippen LogP contribution < -0.4 is 5.32 Å². The highest BCUT2D eigenvalue weighted by Crippen LogP contribution is 2.22. The Morgan fingerprint density at radius 1 is 1.62 bits per heavy atom. The van der Waals surface area contributed by atoms with Gasteiger partial charge in [0.05, 0.1) is 0 Å². The molecule has 1 N–H and O–H groups in total. The molecule has 0 saturated carbocycles. The molecular weight excluding hydrogens is 218 g/mol. The van der Waals surface area contributed by atoms with Gasteiger partial charge in [-0.1, -0.05) is 6.07 Å². The molecule has 0 aromatic carbocycles. The van der Waals surface area contributed by atoms with Gasteiger partial charge in [-0.3, -0.25) is 0 Å². The Hall–Kier alpha value is -1.05. The molecule has 1 aliphatic heterocycles. The first-order valence-corrected chi connectivity index (χ1v) is 6.68. The fraction of sp³-hybridized carbons (Fsp3) is 0.500. The van der Waals surface area contributed by atoms with Crippen molar-refractivity contribution in [2.45, 2.75) is 13.0 Å². The van der Waals surface area contributed by atoms with E-state index in [9.17, 15) is 0 Å². The number of nitriles is 1. The number of hydrogen-bond acceptors (Lipinski definition) is 4. The first-order chi connectivity index (χ1) is 7.90. The van der Waals surface area contributed by atoms with Crippen LogP contribution in [-0.2, 0) is 6.54 Å². The number of rotatable bonds is 4. The Morgan fingerprint density at radius 3 is 3.31 bits per heavy atom. The van der Waals surface area contributed by atoms with E-state index < -0.39 is 0 Å². The minimum atomic E-state index is 0.538. The molecule has 2 heterocycles. The van der Waals surface area contributed by atoms with Crippen LogP contribution in [0.1, 0.15) is 17.7 Å². The van der Waals surface area contributed by atoms with E-state index >= 15 is 0 Å². The predicted octanol–water partition coefficient (Wildman–Crippen LogP) is 1.80. The predicted molar refractivity (Wildman–Crippen MR) is 66.1 cm³/mol. The summed E-state index contributed by atoms with van der Waals surface area (Å²) in [6.45, 7) is 1.80. The summed E-state index contributed by atoms with van der Waals surface area (Å²) in [5.41, 5.74) is 1.53. The molecule has 1 aromatic heterocycles. The highest BCUT2D eigenvalue weighted by atomic mass is 32.2. The van der Waals surface area contributed by atoms with Gasteiger partial charge in [0.2, 0.25) is 0 Å². The highest BCUT2D eigenvalue weighted by Gasteiger charge is 2.14. The van der Waals surface area contributed by atoms with Gasteiger partial charge in [-0.2, -0.15) is 17.0 Å². The molecule has 0 aliphatic carbocycles. The average molecular weight is 233 g/mol. The van der Waals surface area contributed by atoms with Crippen LogP contribution in [0.2, 0.25) is 0 Å². The van der Waals surface area contributed by atoms with E-state index in [-0.39, 0.29) is 0 Å². The van der Waals surface area contributed by atoms with Crippen LogP contribution in [-0.4, -0.2) is 23.0 Å². The minimum absolute atomic E-state index is 0.538. The molecular formula is C12H15N3S. The Kier molecular flexibility index (Phi) is 4.20. The second kappa shape index (κ2) is 5.88. The quantitative estimate of drug-likeness (QED) is 0.861. The summed E-state index contributed by atoms with van der Waals surface area (Å²) in [4.78, 5) is 4.04. The van der Waals surface area contributed by atoms with Gasteiger partial charge in [0.1, 0.15) is 11.8 Å².